The summed E-state index contributed by atoms with van der Waals surface area (Å²) in [4.78, 5) is 25.4. The highest BCUT2D eigenvalue weighted by atomic mass is 16.5. The number of rotatable bonds is 8. The van der Waals surface area contributed by atoms with Crippen LogP contribution in [-0.2, 0) is 22.6 Å². The maximum Gasteiger partial charge on any atom is 0.243 e. The normalized spacial score (nSPS) is 11.9. The monoisotopic (exact) mass is 404 g/mol. The van der Waals surface area contributed by atoms with Crippen LogP contribution < -0.4 is 15.4 Å². The van der Waals surface area contributed by atoms with Crippen LogP contribution in [0.2, 0.25) is 0 Å². The van der Waals surface area contributed by atoms with E-state index >= 15 is 0 Å². The Labute approximate surface area is 177 Å². The molecule has 0 saturated heterocycles. The molecule has 1 atom stereocenters. The molecule has 0 radical (unpaired) electrons. The summed E-state index contributed by atoms with van der Waals surface area (Å²) in [6.45, 7) is 4.25. The Bertz CT molecular complexity index is 1010. The van der Waals surface area contributed by atoms with Gasteiger partial charge in [0.2, 0.25) is 11.8 Å². The molecule has 5 nitrogen and oxygen atoms in total. The number of methoxy groups -OCH3 is 1. The molecule has 30 heavy (non-hydrogen) atoms. The average Bonchev–Trinajstić information content (AvgIpc) is 2.76. The molecule has 0 fully saturated rings. The van der Waals surface area contributed by atoms with Gasteiger partial charge in [0, 0.05) is 6.54 Å². The predicted molar refractivity (Wildman–Crippen MR) is 119 cm³/mol. The SMILES string of the molecule is COc1ccc(CNC(=O)[C@@H](NC(=O)Cc2cccc3ccccc23)C(C)C)cc1. The molecular weight excluding hydrogens is 376 g/mol. The van der Waals surface area contributed by atoms with Gasteiger partial charge in [-0.2, -0.15) is 0 Å². The van der Waals surface area contributed by atoms with Crippen LogP contribution in [0.4, 0.5) is 0 Å². The fourth-order valence-electron chi connectivity index (χ4n) is 3.42. The van der Waals surface area contributed by atoms with Crippen LogP contribution in [0, 0.1) is 5.92 Å². The fourth-order valence-corrected chi connectivity index (χ4v) is 3.42. The van der Waals surface area contributed by atoms with Crippen molar-refractivity contribution in [3.8, 4) is 5.75 Å². The summed E-state index contributed by atoms with van der Waals surface area (Å²) in [6, 6.07) is 20.8. The van der Waals surface area contributed by atoms with Crippen LogP contribution >= 0.6 is 0 Å². The van der Waals surface area contributed by atoms with Gasteiger partial charge in [-0.3, -0.25) is 9.59 Å². The quantitative estimate of drug-likeness (QED) is 0.599. The second kappa shape index (κ2) is 9.92. The van der Waals surface area contributed by atoms with E-state index in [1.807, 2.05) is 80.6 Å². The largest absolute Gasteiger partial charge is 0.497 e. The summed E-state index contributed by atoms with van der Waals surface area (Å²) in [5.74, 6) is 0.389. The Morgan fingerprint density at radius 1 is 0.933 bits per heavy atom. The molecule has 0 aliphatic rings. The Kier molecular flexibility index (Phi) is 7.07. The van der Waals surface area contributed by atoms with Crippen LogP contribution in [0.3, 0.4) is 0 Å². The maximum atomic E-state index is 12.7. The summed E-state index contributed by atoms with van der Waals surface area (Å²) in [5.41, 5.74) is 1.92. The first-order chi connectivity index (χ1) is 14.5. The van der Waals surface area contributed by atoms with Gasteiger partial charge < -0.3 is 15.4 Å². The smallest absolute Gasteiger partial charge is 0.243 e. The molecule has 2 N–H and O–H groups in total. The van der Waals surface area contributed by atoms with Gasteiger partial charge in [0.25, 0.3) is 0 Å². The zero-order valence-electron chi connectivity index (χ0n) is 17.6. The highest BCUT2D eigenvalue weighted by molar-refractivity contribution is 5.92. The number of hydrogen-bond donors (Lipinski definition) is 2. The molecule has 156 valence electrons. The first-order valence-electron chi connectivity index (χ1n) is 10.1. The van der Waals surface area contributed by atoms with Gasteiger partial charge in [0.15, 0.2) is 0 Å². The summed E-state index contributed by atoms with van der Waals surface area (Å²) in [5, 5.41) is 7.99. The van der Waals surface area contributed by atoms with Crippen LogP contribution in [0.1, 0.15) is 25.0 Å². The molecule has 3 rings (SSSR count). The number of amides is 2. The van der Waals surface area contributed by atoms with Crippen molar-refractivity contribution in [2.75, 3.05) is 7.11 Å². The number of nitrogens with one attached hydrogen (secondary N) is 2. The number of benzene rings is 3. The second-order valence-corrected chi connectivity index (χ2v) is 7.67. The van der Waals surface area contributed by atoms with Crippen LogP contribution in [0.25, 0.3) is 10.8 Å². The number of carbonyl (C=O) groups excluding carboxylic acids is 2. The molecule has 0 aromatic heterocycles. The number of fused-ring (bicyclic) bond motifs is 1. The molecule has 3 aromatic rings. The number of hydrogen-bond acceptors (Lipinski definition) is 3. The zero-order chi connectivity index (χ0) is 21.5. The third-order valence-corrected chi connectivity index (χ3v) is 5.12. The van der Waals surface area contributed by atoms with Crippen LogP contribution in [-0.4, -0.2) is 25.0 Å². The van der Waals surface area contributed by atoms with Gasteiger partial charge in [0.05, 0.1) is 13.5 Å². The third-order valence-electron chi connectivity index (χ3n) is 5.12. The highest BCUT2D eigenvalue weighted by Crippen LogP contribution is 2.19. The van der Waals surface area contributed by atoms with Crippen molar-refractivity contribution in [3.63, 3.8) is 0 Å². The van der Waals surface area contributed by atoms with Crippen molar-refractivity contribution in [1.82, 2.24) is 10.6 Å². The maximum absolute atomic E-state index is 12.7. The lowest BCUT2D eigenvalue weighted by molar-refractivity contribution is -0.129. The van der Waals surface area contributed by atoms with E-state index in [0.29, 0.717) is 6.54 Å². The Hall–Kier alpha value is -3.34. The molecule has 0 heterocycles. The Morgan fingerprint density at radius 2 is 1.63 bits per heavy atom. The van der Waals surface area contributed by atoms with E-state index in [0.717, 1.165) is 27.6 Å². The highest BCUT2D eigenvalue weighted by Gasteiger charge is 2.24. The van der Waals surface area contributed by atoms with E-state index in [1.54, 1.807) is 7.11 Å². The van der Waals surface area contributed by atoms with Gasteiger partial charge >= 0.3 is 0 Å². The van der Waals surface area contributed by atoms with E-state index < -0.39 is 6.04 Å². The molecule has 0 bridgehead atoms. The van der Waals surface area contributed by atoms with Crippen molar-refractivity contribution < 1.29 is 14.3 Å². The molecule has 5 heteroatoms. The standard InChI is InChI=1S/C25H28N2O3/c1-17(2)24(25(29)26-16-18-11-13-21(30-3)14-12-18)27-23(28)15-20-9-6-8-19-7-4-5-10-22(19)20/h4-14,17,24H,15-16H2,1-3H3,(H,26,29)(H,27,28)/t24-/m0/s1. The van der Waals surface area contributed by atoms with E-state index in [4.69, 9.17) is 4.74 Å². The van der Waals surface area contributed by atoms with Gasteiger partial charge in [-0.05, 0) is 39.9 Å². The summed E-state index contributed by atoms with van der Waals surface area (Å²) < 4.78 is 5.15. The second-order valence-electron chi connectivity index (χ2n) is 7.67. The van der Waals surface area contributed by atoms with Crippen LogP contribution in [0.15, 0.2) is 66.7 Å². The third kappa shape index (κ3) is 5.38. The molecular formula is C25H28N2O3. The minimum atomic E-state index is -0.592. The summed E-state index contributed by atoms with van der Waals surface area (Å²) >= 11 is 0. The molecule has 2 amide bonds. The molecule has 3 aromatic carbocycles. The number of carbonyl (C=O) groups is 2. The van der Waals surface area contributed by atoms with Crippen molar-refractivity contribution in [3.05, 3.63) is 77.9 Å². The van der Waals surface area contributed by atoms with Crippen molar-refractivity contribution >= 4 is 22.6 Å². The summed E-state index contributed by atoms with van der Waals surface area (Å²) in [7, 11) is 1.62. The lowest BCUT2D eigenvalue weighted by Gasteiger charge is -2.22. The molecule has 0 aliphatic heterocycles. The van der Waals surface area contributed by atoms with E-state index in [-0.39, 0.29) is 24.2 Å². The summed E-state index contributed by atoms with van der Waals surface area (Å²) in [6.07, 6.45) is 0.232. The zero-order valence-corrected chi connectivity index (χ0v) is 17.6. The van der Waals surface area contributed by atoms with Gasteiger partial charge in [-0.25, -0.2) is 0 Å². The van der Waals surface area contributed by atoms with E-state index in [1.165, 1.54) is 0 Å². The Balaban J connectivity index is 1.62. The van der Waals surface area contributed by atoms with Crippen molar-refractivity contribution in [2.24, 2.45) is 5.92 Å². The molecule has 0 saturated carbocycles. The lowest BCUT2D eigenvalue weighted by Crippen LogP contribution is -2.49. The van der Waals surface area contributed by atoms with Crippen molar-refractivity contribution in [2.45, 2.75) is 32.9 Å². The topological polar surface area (TPSA) is 67.4 Å². The molecule has 0 unspecified atom stereocenters. The molecule has 0 spiro atoms. The minimum absolute atomic E-state index is 0.0302. The first-order valence-corrected chi connectivity index (χ1v) is 10.1. The first kappa shape index (κ1) is 21.4. The predicted octanol–water partition coefficient (Wildman–Crippen LogP) is 3.85. The average molecular weight is 405 g/mol. The van der Waals surface area contributed by atoms with Crippen molar-refractivity contribution in [1.29, 1.82) is 0 Å². The number of ether oxygens (including phenoxy) is 1. The lowest BCUT2D eigenvalue weighted by atomic mass is 10.00. The Morgan fingerprint density at radius 3 is 2.33 bits per heavy atom. The minimum Gasteiger partial charge on any atom is -0.497 e. The van der Waals surface area contributed by atoms with E-state index in [9.17, 15) is 9.59 Å². The van der Waals surface area contributed by atoms with E-state index in [2.05, 4.69) is 10.6 Å². The van der Waals surface area contributed by atoms with Gasteiger partial charge in [-0.1, -0.05) is 68.4 Å². The van der Waals surface area contributed by atoms with Crippen LogP contribution in [0.5, 0.6) is 5.75 Å². The fraction of sp³-hybridized carbons (Fsp3) is 0.280. The molecule has 0 aliphatic carbocycles. The van der Waals surface area contributed by atoms with Gasteiger partial charge in [0.1, 0.15) is 11.8 Å². The van der Waals surface area contributed by atoms with Gasteiger partial charge in [-0.15, -0.1) is 0 Å².